The summed E-state index contributed by atoms with van der Waals surface area (Å²) in [4.78, 5) is 0. The fourth-order valence-corrected chi connectivity index (χ4v) is 4.13. The molecule has 4 aromatic rings. The zero-order valence-corrected chi connectivity index (χ0v) is 18.2. The van der Waals surface area contributed by atoms with E-state index in [-0.39, 0.29) is 16.7 Å². The van der Waals surface area contributed by atoms with Crippen LogP contribution in [0.1, 0.15) is 38.2 Å². The molecule has 4 rings (SSSR count). The molecular formula is C28H23F5. The van der Waals surface area contributed by atoms with Crippen LogP contribution in [0.3, 0.4) is 0 Å². The van der Waals surface area contributed by atoms with Gasteiger partial charge in [0.05, 0.1) is 5.56 Å². The van der Waals surface area contributed by atoms with Gasteiger partial charge in [-0.2, -0.15) is 0 Å². The van der Waals surface area contributed by atoms with Gasteiger partial charge >= 0.3 is 0 Å². The maximum atomic E-state index is 15.3. The Kier molecular flexibility index (Phi) is 6.77. The normalized spacial score (nSPS) is 11.3. The van der Waals surface area contributed by atoms with E-state index >= 15 is 4.39 Å². The van der Waals surface area contributed by atoms with Crippen LogP contribution in [-0.2, 0) is 6.42 Å². The quantitative estimate of drug-likeness (QED) is 0.193. The van der Waals surface area contributed by atoms with Crippen LogP contribution >= 0.6 is 0 Å². The van der Waals surface area contributed by atoms with E-state index in [1.54, 1.807) is 12.1 Å². The molecule has 170 valence electrons. The smallest absolute Gasteiger partial charge is 0.159 e. The first-order valence-corrected chi connectivity index (χ1v) is 11.0. The van der Waals surface area contributed by atoms with Crippen LogP contribution in [-0.4, -0.2) is 0 Å². The van der Waals surface area contributed by atoms with E-state index in [0.717, 1.165) is 67.0 Å². The standard InChI is InChI=1S/C28H23F5/c1-2-3-4-5-6-17-7-10-21-18(13-17)8-11-22(28(21)33)20-15-25(31)27(26(32)16-20)19-9-12-23(29)24(30)14-19/h7-16H,2-6H2,1H3. The molecule has 0 saturated heterocycles. The maximum Gasteiger partial charge on any atom is 0.159 e. The molecule has 0 aromatic heterocycles. The van der Waals surface area contributed by atoms with Crippen molar-refractivity contribution in [1.29, 1.82) is 0 Å². The number of unbranched alkanes of at least 4 members (excludes halogenated alkanes) is 3. The summed E-state index contributed by atoms with van der Waals surface area (Å²) in [6.07, 6.45) is 5.49. The van der Waals surface area contributed by atoms with E-state index in [0.29, 0.717) is 5.39 Å². The van der Waals surface area contributed by atoms with Crippen molar-refractivity contribution in [3.8, 4) is 22.3 Å². The molecule has 33 heavy (non-hydrogen) atoms. The topological polar surface area (TPSA) is 0 Å². The second-order valence-electron chi connectivity index (χ2n) is 8.24. The van der Waals surface area contributed by atoms with E-state index in [1.807, 2.05) is 12.1 Å². The van der Waals surface area contributed by atoms with E-state index in [4.69, 9.17) is 0 Å². The predicted molar refractivity (Wildman–Crippen MR) is 122 cm³/mol. The van der Waals surface area contributed by atoms with Crippen LogP contribution in [0.25, 0.3) is 33.0 Å². The molecule has 0 fully saturated rings. The van der Waals surface area contributed by atoms with Crippen LogP contribution in [0.4, 0.5) is 22.0 Å². The molecule has 0 atom stereocenters. The first kappa shape index (κ1) is 23.0. The van der Waals surface area contributed by atoms with Crippen molar-refractivity contribution in [3.05, 3.63) is 95.3 Å². The molecule has 0 bridgehead atoms. The summed E-state index contributed by atoms with van der Waals surface area (Å²) >= 11 is 0. The Hall–Kier alpha value is -3.21. The zero-order valence-electron chi connectivity index (χ0n) is 18.2. The third-order valence-corrected chi connectivity index (χ3v) is 5.90. The fraction of sp³-hybridized carbons (Fsp3) is 0.214. The average molecular weight is 454 g/mol. The third kappa shape index (κ3) is 4.77. The molecule has 0 aliphatic rings. The van der Waals surface area contributed by atoms with E-state index in [9.17, 15) is 17.6 Å². The van der Waals surface area contributed by atoms with Crippen molar-refractivity contribution in [1.82, 2.24) is 0 Å². The summed E-state index contributed by atoms with van der Waals surface area (Å²) in [7, 11) is 0. The molecule has 0 aliphatic heterocycles. The second-order valence-corrected chi connectivity index (χ2v) is 8.24. The SMILES string of the molecule is CCCCCCc1ccc2c(F)c(-c3cc(F)c(-c4ccc(F)c(F)c4)c(F)c3)ccc2c1. The summed E-state index contributed by atoms with van der Waals surface area (Å²) in [5, 5.41) is 1.10. The van der Waals surface area contributed by atoms with Gasteiger partial charge in [0.15, 0.2) is 11.6 Å². The second kappa shape index (κ2) is 9.74. The van der Waals surface area contributed by atoms with Gasteiger partial charge in [-0.3, -0.25) is 0 Å². The van der Waals surface area contributed by atoms with Crippen molar-refractivity contribution in [2.45, 2.75) is 39.0 Å². The Morgan fingerprint density at radius 3 is 2.03 bits per heavy atom. The first-order valence-electron chi connectivity index (χ1n) is 11.0. The van der Waals surface area contributed by atoms with E-state index in [2.05, 4.69) is 6.92 Å². The van der Waals surface area contributed by atoms with Crippen molar-refractivity contribution in [2.24, 2.45) is 0 Å². The highest BCUT2D eigenvalue weighted by atomic mass is 19.2. The average Bonchev–Trinajstić information content (AvgIpc) is 2.79. The summed E-state index contributed by atoms with van der Waals surface area (Å²) in [5.74, 6) is -4.86. The Morgan fingerprint density at radius 1 is 0.606 bits per heavy atom. The van der Waals surface area contributed by atoms with Crippen molar-refractivity contribution in [3.63, 3.8) is 0 Å². The number of aryl methyl sites for hydroxylation is 1. The van der Waals surface area contributed by atoms with Gasteiger partial charge in [-0.05, 0) is 59.2 Å². The van der Waals surface area contributed by atoms with Crippen LogP contribution in [0.15, 0.2) is 60.7 Å². The van der Waals surface area contributed by atoms with E-state index < -0.39 is 34.6 Å². The highest BCUT2D eigenvalue weighted by molar-refractivity contribution is 5.89. The predicted octanol–water partition coefficient (Wildman–Crippen LogP) is 8.99. The number of halogens is 5. The molecule has 5 heteroatoms. The molecule has 0 unspecified atom stereocenters. The Labute approximate surface area is 189 Å². The van der Waals surface area contributed by atoms with Gasteiger partial charge in [0.25, 0.3) is 0 Å². The summed E-state index contributed by atoms with van der Waals surface area (Å²) in [5.41, 5.74) is 0.582. The van der Waals surface area contributed by atoms with Gasteiger partial charge in [-0.25, -0.2) is 22.0 Å². The molecule has 0 radical (unpaired) electrons. The largest absolute Gasteiger partial charge is 0.206 e. The lowest BCUT2D eigenvalue weighted by Crippen LogP contribution is -1.96. The zero-order chi connectivity index (χ0) is 23.5. The Balaban J connectivity index is 1.68. The summed E-state index contributed by atoms with van der Waals surface area (Å²) in [6, 6.07) is 13.4. The van der Waals surface area contributed by atoms with Crippen LogP contribution in [0.2, 0.25) is 0 Å². The molecular weight excluding hydrogens is 431 g/mol. The summed E-state index contributed by atoms with van der Waals surface area (Å²) in [6.45, 7) is 2.16. The van der Waals surface area contributed by atoms with Gasteiger partial charge < -0.3 is 0 Å². The third-order valence-electron chi connectivity index (χ3n) is 5.90. The Morgan fingerprint density at radius 2 is 1.33 bits per heavy atom. The lowest BCUT2D eigenvalue weighted by Gasteiger charge is -2.12. The molecule has 0 amide bonds. The number of fused-ring (bicyclic) bond motifs is 1. The lowest BCUT2D eigenvalue weighted by atomic mass is 9.95. The molecule has 4 aromatic carbocycles. The molecule has 0 N–H and O–H groups in total. The Bertz CT molecular complexity index is 1290. The van der Waals surface area contributed by atoms with Crippen molar-refractivity contribution >= 4 is 10.8 Å². The van der Waals surface area contributed by atoms with Crippen molar-refractivity contribution < 1.29 is 22.0 Å². The van der Waals surface area contributed by atoms with Gasteiger partial charge in [0.1, 0.15) is 17.5 Å². The maximum absolute atomic E-state index is 15.3. The minimum Gasteiger partial charge on any atom is -0.206 e. The highest BCUT2D eigenvalue weighted by Crippen LogP contribution is 2.35. The van der Waals surface area contributed by atoms with Gasteiger partial charge in [0.2, 0.25) is 0 Å². The van der Waals surface area contributed by atoms with Gasteiger partial charge in [-0.1, -0.05) is 62.6 Å². The van der Waals surface area contributed by atoms with E-state index in [1.165, 1.54) is 12.5 Å². The molecule has 0 spiro atoms. The monoisotopic (exact) mass is 454 g/mol. The van der Waals surface area contributed by atoms with Gasteiger partial charge in [0, 0.05) is 10.9 Å². The highest BCUT2D eigenvalue weighted by Gasteiger charge is 2.18. The van der Waals surface area contributed by atoms with Crippen LogP contribution < -0.4 is 0 Å². The molecule has 0 heterocycles. The van der Waals surface area contributed by atoms with Crippen molar-refractivity contribution in [2.75, 3.05) is 0 Å². The molecule has 0 nitrogen and oxygen atoms in total. The van der Waals surface area contributed by atoms with Gasteiger partial charge in [-0.15, -0.1) is 0 Å². The minimum absolute atomic E-state index is 0.0272. The lowest BCUT2D eigenvalue weighted by molar-refractivity contribution is 0.508. The van der Waals surface area contributed by atoms with Crippen LogP contribution in [0, 0.1) is 29.1 Å². The number of hydrogen-bond donors (Lipinski definition) is 0. The molecule has 0 aliphatic carbocycles. The number of hydrogen-bond acceptors (Lipinski definition) is 0. The van der Waals surface area contributed by atoms with Crippen LogP contribution in [0.5, 0.6) is 0 Å². The summed E-state index contributed by atoms with van der Waals surface area (Å²) < 4.78 is 71.6. The fourth-order valence-electron chi connectivity index (χ4n) is 4.13. The number of rotatable bonds is 7. The number of benzene rings is 4. The molecule has 0 saturated carbocycles. The first-order chi connectivity index (χ1) is 15.9. The minimum atomic E-state index is -1.21.